The van der Waals surface area contributed by atoms with Crippen LogP contribution in [-0.4, -0.2) is 0 Å². The van der Waals surface area contributed by atoms with E-state index in [-0.39, 0.29) is 11.2 Å². The summed E-state index contributed by atoms with van der Waals surface area (Å²) in [6.07, 6.45) is 0. The minimum absolute atomic E-state index is 0.271. The summed E-state index contributed by atoms with van der Waals surface area (Å²) in [6, 6.07) is 10.5. The van der Waals surface area contributed by atoms with Gasteiger partial charge in [0, 0.05) is 8.95 Å². The van der Waals surface area contributed by atoms with Gasteiger partial charge >= 0.3 is 0 Å². The zero-order chi connectivity index (χ0) is 13.3. The van der Waals surface area contributed by atoms with Gasteiger partial charge in [-0.2, -0.15) is 0 Å². The van der Waals surface area contributed by atoms with E-state index >= 15 is 0 Å². The lowest BCUT2D eigenvalue weighted by molar-refractivity contribution is 0.625. The van der Waals surface area contributed by atoms with E-state index in [9.17, 15) is 4.39 Å². The van der Waals surface area contributed by atoms with Crippen LogP contribution in [0.5, 0.6) is 0 Å². The highest BCUT2D eigenvalue weighted by Crippen LogP contribution is 2.36. The van der Waals surface area contributed by atoms with Crippen molar-refractivity contribution in [2.45, 2.75) is 12.3 Å². The van der Waals surface area contributed by atoms with Crippen molar-refractivity contribution in [1.29, 1.82) is 0 Å². The lowest BCUT2D eigenvalue weighted by Crippen LogP contribution is -1.98. The third-order valence-corrected chi connectivity index (χ3v) is 4.43. The molecule has 0 N–H and O–H groups in total. The first-order chi connectivity index (χ1) is 8.49. The highest BCUT2D eigenvalue weighted by atomic mass is 79.9. The largest absolute Gasteiger partial charge is 0.207 e. The Morgan fingerprint density at radius 1 is 1.06 bits per heavy atom. The van der Waals surface area contributed by atoms with E-state index in [0.29, 0.717) is 0 Å². The van der Waals surface area contributed by atoms with E-state index in [1.807, 2.05) is 25.1 Å². The van der Waals surface area contributed by atoms with Gasteiger partial charge in [0.05, 0.1) is 5.38 Å². The van der Waals surface area contributed by atoms with Crippen molar-refractivity contribution in [1.82, 2.24) is 0 Å². The Bertz CT molecular complexity index is 533. The average Bonchev–Trinajstić information content (AvgIpc) is 2.34. The number of alkyl halides is 1. The topological polar surface area (TPSA) is 0 Å². The Balaban J connectivity index is 2.50. The van der Waals surface area contributed by atoms with E-state index in [2.05, 4.69) is 31.9 Å². The highest BCUT2D eigenvalue weighted by Gasteiger charge is 2.17. The van der Waals surface area contributed by atoms with E-state index in [1.54, 1.807) is 6.07 Å². The molecule has 1 unspecified atom stereocenters. The van der Waals surface area contributed by atoms with E-state index in [1.165, 1.54) is 12.1 Å². The maximum atomic E-state index is 13.3. The molecule has 94 valence electrons. The van der Waals surface area contributed by atoms with Crippen molar-refractivity contribution < 1.29 is 4.39 Å². The highest BCUT2D eigenvalue weighted by molar-refractivity contribution is 9.11. The standard InChI is InChI=1S/C14H10Br2ClF/c1-8-2-4-10(18)7-11(8)14(17)12-6-9(15)3-5-13(12)16/h2-7,14H,1H3. The molecule has 0 amide bonds. The summed E-state index contributed by atoms with van der Waals surface area (Å²) in [5, 5.41) is -0.382. The summed E-state index contributed by atoms with van der Waals surface area (Å²) in [7, 11) is 0. The molecule has 2 aromatic carbocycles. The van der Waals surface area contributed by atoms with Crippen LogP contribution in [0, 0.1) is 12.7 Å². The summed E-state index contributed by atoms with van der Waals surface area (Å²) < 4.78 is 15.2. The molecule has 2 aromatic rings. The van der Waals surface area contributed by atoms with Gasteiger partial charge in [-0.15, -0.1) is 11.6 Å². The second kappa shape index (κ2) is 5.72. The second-order valence-electron chi connectivity index (χ2n) is 4.03. The first-order valence-corrected chi connectivity index (χ1v) is 7.36. The smallest absolute Gasteiger partial charge is 0.123 e. The summed E-state index contributed by atoms with van der Waals surface area (Å²) in [5.74, 6) is -0.271. The Hall–Kier alpha value is -0.380. The monoisotopic (exact) mass is 390 g/mol. The number of aryl methyl sites for hydroxylation is 1. The molecule has 0 nitrogen and oxygen atoms in total. The Kier molecular flexibility index (Phi) is 4.46. The molecule has 0 aliphatic heterocycles. The van der Waals surface area contributed by atoms with Crippen molar-refractivity contribution in [2.24, 2.45) is 0 Å². The van der Waals surface area contributed by atoms with Gasteiger partial charge in [0.2, 0.25) is 0 Å². The molecule has 18 heavy (non-hydrogen) atoms. The van der Waals surface area contributed by atoms with E-state index in [0.717, 1.165) is 25.6 Å². The van der Waals surface area contributed by atoms with Crippen molar-refractivity contribution >= 4 is 43.5 Å². The molecule has 0 bridgehead atoms. The lowest BCUT2D eigenvalue weighted by Gasteiger charge is -2.15. The molecule has 0 radical (unpaired) electrons. The second-order valence-corrected chi connectivity index (χ2v) is 6.24. The minimum Gasteiger partial charge on any atom is -0.207 e. The quantitative estimate of drug-likeness (QED) is 0.551. The molecule has 0 saturated heterocycles. The Morgan fingerprint density at radius 2 is 1.78 bits per heavy atom. The van der Waals surface area contributed by atoms with Gasteiger partial charge in [0.25, 0.3) is 0 Å². The van der Waals surface area contributed by atoms with Gasteiger partial charge < -0.3 is 0 Å². The summed E-state index contributed by atoms with van der Waals surface area (Å²) in [6.45, 7) is 1.93. The SMILES string of the molecule is Cc1ccc(F)cc1C(Cl)c1cc(Br)ccc1Br. The summed E-state index contributed by atoms with van der Waals surface area (Å²) in [5.41, 5.74) is 2.68. The van der Waals surface area contributed by atoms with E-state index in [4.69, 9.17) is 11.6 Å². The maximum Gasteiger partial charge on any atom is 0.123 e. The first-order valence-electron chi connectivity index (χ1n) is 5.34. The van der Waals surface area contributed by atoms with Crippen molar-refractivity contribution in [3.8, 4) is 0 Å². The number of rotatable bonds is 2. The van der Waals surface area contributed by atoms with Crippen molar-refractivity contribution in [3.05, 3.63) is 67.9 Å². The molecular formula is C14H10Br2ClF. The molecular weight excluding hydrogens is 382 g/mol. The molecule has 0 saturated carbocycles. The van der Waals surface area contributed by atoms with Gasteiger partial charge in [0.1, 0.15) is 5.82 Å². The van der Waals surface area contributed by atoms with Crippen LogP contribution in [-0.2, 0) is 0 Å². The molecule has 0 aliphatic rings. The molecule has 0 fully saturated rings. The zero-order valence-corrected chi connectivity index (χ0v) is 13.5. The van der Waals surface area contributed by atoms with Crippen LogP contribution in [0.15, 0.2) is 45.3 Å². The van der Waals surface area contributed by atoms with Crippen LogP contribution in [0.2, 0.25) is 0 Å². The fourth-order valence-electron chi connectivity index (χ4n) is 1.76. The fourth-order valence-corrected chi connectivity index (χ4v) is 3.16. The Labute approximate surface area is 127 Å². The van der Waals surface area contributed by atoms with E-state index < -0.39 is 0 Å². The summed E-state index contributed by atoms with van der Waals surface area (Å²) >= 11 is 13.4. The predicted octanol–water partition coefficient (Wildman–Crippen LogP) is 5.99. The third kappa shape index (κ3) is 2.95. The zero-order valence-electron chi connectivity index (χ0n) is 9.55. The fraction of sp³-hybridized carbons (Fsp3) is 0.143. The molecule has 0 heterocycles. The number of hydrogen-bond donors (Lipinski definition) is 0. The average molecular weight is 392 g/mol. The Morgan fingerprint density at radius 3 is 2.50 bits per heavy atom. The maximum absolute atomic E-state index is 13.3. The molecule has 2 rings (SSSR count). The molecule has 0 aliphatic carbocycles. The number of benzene rings is 2. The molecule has 4 heteroatoms. The van der Waals surface area contributed by atoms with Gasteiger partial charge in [0.15, 0.2) is 0 Å². The third-order valence-electron chi connectivity index (χ3n) is 2.75. The number of hydrogen-bond acceptors (Lipinski definition) is 0. The molecule has 0 aromatic heterocycles. The minimum atomic E-state index is -0.382. The van der Waals surface area contributed by atoms with Gasteiger partial charge in [-0.1, -0.05) is 37.9 Å². The van der Waals surface area contributed by atoms with Crippen LogP contribution < -0.4 is 0 Å². The van der Waals surface area contributed by atoms with Crippen LogP contribution in [0.1, 0.15) is 22.1 Å². The van der Waals surface area contributed by atoms with Crippen LogP contribution in [0.3, 0.4) is 0 Å². The molecule has 0 spiro atoms. The molecule has 1 atom stereocenters. The van der Waals surface area contributed by atoms with Crippen molar-refractivity contribution in [2.75, 3.05) is 0 Å². The first kappa shape index (κ1) is 14.0. The lowest BCUT2D eigenvalue weighted by atomic mass is 10.00. The van der Waals surface area contributed by atoms with Gasteiger partial charge in [-0.3, -0.25) is 0 Å². The summed E-state index contributed by atoms with van der Waals surface area (Å²) in [4.78, 5) is 0. The van der Waals surface area contributed by atoms with Crippen LogP contribution >= 0.6 is 43.5 Å². The normalized spacial score (nSPS) is 12.5. The van der Waals surface area contributed by atoms with Crippen molar-refractivity contribution in [3.63, 3.8) is 0 Å². The van der Waals surface area contributed by atoms with Crippen LogP contribution in [0.25, 0.3) is 0 Å². The predicted molar refractivity (Wildman–Crippen MR) is 80.7 cm³/mol. The van der Waals surface area contributed by atoms with Gasteiger partial charge in [-0.05, 0) is 53.9 Å². The number of halogens is 4. The van der Waals surface area contributed by atoms with Crippen LogP contribution in [0.4, 0.5) is 4.39 Å². The van der Waals surface area contributed by atoms with Gasteiger partial charge in [-0.25, -0.2) is 4.39 Å².